The van der Waals surface area contributed by atoms with E-state index >= 15 is 0 Å². The Morgan fingerprint density at radius 2 is 1.96 bits per heavy atom. The van der Waals surface area contributed by atoms with Crippen LogP contribution >= 0.6 is 11.3 Å². The summed E-state index contributed by atoms with van der Waals surface area (Å²) < 4.78 is 37.3. The minimum Gasteiger partial charge on any atom is -0.464 e. The van der Waals surface area contributed by atoms with Gasteiger partial charge in [0.15, 0.2) is 11.5 Å². The van der Waals surface area contributed by atoms with Gasteiger partial charge < -0.3 is 9.26 Å². The Kier molecular flexibility index (Phi) is 5.21. The first-order valence-corrected chi connectivity index (χ1v) is 9.89. The van der Waals surface area contributed by atoms with Gasteiger partial charge in [0.25, 0.3) is 0 Å². The molecule has 2 heterocycles. The summed E-state index contributed by atoms with van der Waals surface area (Å²) in [5.74, 6) is -0.320. The molecule has 136 valence electrons. The molecule has 9 heteroatoms. The number of nitrogens with one attached hydrogen (secondary N) is 1. The molecule has 0 amide bonds. The van der Waals surface area contributed by atoms with Crippen molar-refractivity contribution in [2.75, 3.05) is 7.11 Å². The first kappa shape index (κ1) is 18.3. The summed E-state index contributed by atoms with van der Waals surface area (Å²) in [5.41, 5.74) is 2.00. The lowest BCUT2D eigenvalue weighted by Crippen LogP contribution is -2.22. The highest BCUT2D eigenvalue weighted by molar-refractivity contribution is 7.91. The number of hydrogen-bond acceptors (Lipinski definition) is 7. The Morgan fingerprint density at radius 1 is 1.23 bits per heavy atom. The van der Waals surface area contributed by atoms with Crippen LogP contribution in [0, 0.1) is 6.92 Å². The molecule has 7 nitrogen and oxygen atoms in total. The number of aromatic nitrogens is 1. The smallest absolute Gasteiger partial charge is 0.360 e. The number of aryl methyl sites for hydroxylation is 1. The van der Waals surface area contributed by atoms with Gasteiger partial charge in [-0.25, -0.2) is 17.9 Å². The minimum absolute atomic E-state index is 0.0257. The molecule has 0 saturated heterocycles. The number of sulfonamides is 1. The molecular formula is C17H16N2O5S2. The molecule has 0 spiro atoms. The molecule has 0 fully saturated rings. The van der Waals surface area contributed by atoms with E-state index in [2.05, 4.69) is 14.6 Å². The largest absolute Gasteiger partial charge is 0.464 e. The molecule has 1 N–H and O–H groups in total. The van der Waals surface area contributed by atoms with Crippen molar-refractivity contribution >= 4 is 27.3 Å². The molecule has 3 aromatic rings. The molecule has 0 saturated carbocycles. The van der Waals surface area contributed by atoms with Gasteiger partial charge in [-0.15, -0.1) is 11.3 Å². The summed E-state index contributed by atoms with van der Waals surface area (Å²) in [6.45, 7) is 2.17. The quantitative estimate of drug-likeness (QED) is 0.648. The number of rotatable bonds is 6. The van der Waals surface area contributed by atoms with E-state index in [-0.39, 0.29) is 16.4 Å². The Morgan fingerprint density at radius 3 is 2.65 bits per heavy atom. The Balaban J connectivity index is 1.74. The SMILES string of the molecule is COC(=O)c1cc(-c2ccc(S(=O)(=O)NCc3ccc(C)cc3)s2)on1. The van der Waals surface area contributed by atoms with Crippen LogP contribution in [-0.4, -0.2) is 26.7 Å². The second kappa shape index (κ2) is 7.40. The average Bonchev–Trinajstić information content (AvgIpc) is 3.30. The Bertz CT molecular complexity index is 1020. The second-order valence-corrected chi connectivity index (χ2v) is 8.57. The zero-order valence-corrected chi connectivity index (χ0v) is 15.7. The number of carbonyl (C=O) groups excluding carboxylic acids is 1. The maximum absolute atomic E-state index is 12.5. The van der Waals surface area contributed by atoms with E-state index < -0.39 is 16.0 Å². The van der Waals surface area contributed by atoms with Crippen molar-refractivity contribution in [3.05, 3.63) is 59.3 Å². The highest BCUT2D eigenvalue weighted by Crippen LogP contribution is 2.31. The van der Waals surface area contributed by atoms with E-state index in [0.717, 1.165) is 22.5 Å². The van der Waals surface area contributed by atoms with Crippen molar-refractivity contribution < 1.29 is 22.5 Å². The van der Waals surface area contributed by atoms with Gasteiger partial charge in [-0.3, -0.25) is 0 Å². The van der Waals surface area contributed by atoms with Gasteiger partial charge in [0.05, 0.1) is 12.0 Å². The van der Waals surface area contributed by atoms with Crippen LogP contribution in [0.1, 0.15) is 21.6 Å². The van der Waals surface area contributed by atoms with Crippen LogP contribution in [0.25, 0.3) is 10.6 Å². The maximum atomic E-state index is 12.5. The van der Waals surface area contributed by atoms with Crippen LogP contribution < -0.4 is 4.72 Å². The van der Waals surface area contributed by atoms with Crippen LogP contribution in [0.5, 0.6) is 0 Å². The molecule has 0 aliphatic carbocycles. The van der Waals surface area contributed by atoms with Crippen LogP contribution in [0.15, 0.2) is 51.2 Å². The zero-order chi connectivity index (χ0) is 18.7. The first-order chi connectivity index (χ1) is 12.4. The zero-order valence-electron chi connectivity index (χ0n) is 14.1. The van der Waals surface area contributed by atoms with E-state index in [1.54, 1.807) is 6.07 Å². The summed E-state index contributed by atoms with van der Waals surface area (Å²) in [6.07, 6.45) is 0. The van der Waals surface area contributed by atoms with Gasteiger partial charge in [-0.05, 0) is 24.6 Å². The number of nitrogens with zero attached hydrogens (tertiary/aromatic N) is 1. The fraction of sp³-hybridized carbons (Fsp3) is 0.176. The Hall–Kier alpha value is -2.49. The second-order valence-electron chi connectivity index (χ2n) is 5.50. The van der Waals surface area contributed by atoms with Crippen LogP contribution in [-0.2, 0) is 21.3 Å². The van der Waals surface area contributed by atoms with Gasteiger partial charge in [-0.1, -0.05) is 35.0 Å². The summed E-state index contributed by atoms with van der Waals surface area (Å²) >= 11 is 1.03. The lowest BCUT2D eigenvalue weighted by Gasteiger charge is -2.05. The number of hydrogen-bond donors (Lipinski definition) is 1. The molecule has 0 aliphatic rings. The highest BCUT2D eigenvalue weighted by atomic mass is 32.2. The third-order valence-electron chi connectivity index (χ3n) is 3.58. The number of benzene rings is 1. The van der Waals surface area contributed by atoms with E-state index in [9.17, 15) is 13.2 Å². The fourth-order valence-corrected chi connectivity index (χ4v) is 4.46. The summed E-state index contributed by atoms with van der Waals surface area (Å²) in [7, 11) is -2.41. The molecule has 0 atom stereocenters. The van der Waals surface area contributed by atoms with Gasteiger partial charge in [0.1, 0.15) is 4.21 Å². The summed E-state index contributed by atoms with van der Waals surface area (Å²) in [6, 6.07) is 12.1. The molecular weight excluding hydrogens is 376 g/mol. The summed E-state index contributed by atoms with van der Waals surface area (Å²) in [5, 5.41) is 3.61. The number of ether oxygens (including phenoxy) is 1. The predicted octanol–water partition coefficient (Wildman–Crippen LogP) is 2.98. The molecule has 0 radical (unpaired) electrons. The van der Waals surface area contributed by atoms with Crippen LogP contribution in [0.2, 0.25) is 0 Å². The van der Waals surface area contributed by atoms with E-state index in [1.807, 2.05) is 31.2 Å². The third kappa shape index (κ3) is 4.01. The standard InChI is InChI=1S/C17H16N2O5S2/c1-11-3-5-12(6-4-11)10-18-26(21,22)16-8-7-15(25-16)14-9-13(19-24-14)17(20)23-2/h3-9,18H,10H2,1-2H3. The first-order valence-electron chi connectivity index (χ1n) is 7.59. The monoisotopic (exact) mass is 392 g/mol. The molecule has 0 unspecified atom stereocenters. The molecule has 2 aromatic heterocycles. The van der Waals surface area contributed by atoms with Crippen molar-refractivity contribution in [1.82, 2.24) is 9.88 Å². The summed E-state index contributed by atoms with van der Waals surface area (Å²) in [4.78, 5) is 12.0. The molecule has 3 rings (SSSR count). The third-order valence-corrected chi connectivity index (χ3v) is 6.57. The van der Waals surface area contributed by atoms with Crippen LogP contribution in [0.3, 0.4) is 0 Å². The van der Waals surface area contributed by atoms with Crippen molar-refractivity contribution in [1.29, 1.82) is 0 Å². The lowest BCUT2D eigenvalue weighted by molar-refractivity contribution is 0.0589. The molecule has 0 aliphatic heterocycles. The van der Waals surface area contributed by atoms with Crippen molar-refractivity contribution in [2.45, 2.75) is 17.7 Å². The average molecular weight is 392 g/mol. The van der Waals surface area contributed by atoms with Gasteiger partial charge in [0, 0.05) is 12.6 Å². The number of thiophene rings is 1. The predicted molar refractivity (Wildman–Crippen MR) is 96.4 cm³/mol. The maximum Gasteiger partial charge on any atom is 0.360 e. The van der Waals surface area contributed by atoms with Crippen molar-refractivity contribution in [3.63, 3.8) is 0 Å². The topological polar surface area (TPSA) is 98.5 Å². The highest BCUT2D eigenvalue weighted by Gasteiger charge is 2.20. The number of carbonyl (C=O) groups is 1. The van der Waals surface area contributed by atoms with Crippen LogP contribution in [0.4, 0.5) is 0 Å². The van der Waals surface area contributed by atoms with Crippen molar-refractivity contribution in [3.8, 4) is 10.6 Å². The van der Waals surface area contributed by atoms with Crippen molar-refractivity contribution in [2.24, 2.45) is 0 Å². The van der Waals surface area contributed by atoms with Gasteiger partial charge in [-0.2, -0.15) is 0 Å². The molecule has 26 heavy (non-hydrogen) atoms. The number of esters is 1. The van der Waals surface area contributed by atoms with Gasteiger partial charge >= 0.3 is 5.97 Å². The van der Waals surface area contributed by atoms with Gasteiger partial charge in [0.2, 0.25) is 10.0 Å². The van der Waals surface area contributed by atoms with E-state index in [1.165, 1.54) is 19.2 Å². The Labute approximate surface area is 154 Å². The minimum atomic E-state index is -3.66. The van der Waals surface area contributed by atoms with E-state index in [4.69, 9.17) is 4.52 Å². The normalized spacial score (nSPS) is 11.5. The lowest BCUT2D eigenvalue weighted by atomic mass is 10.2. The molecule has 1 aromatic carbocycles. The number of methoxy groups -OCH3 is 1. The molecule has 0 bridgehead atoms. The van der Waals surface area contributed by atoms with E-state index in [0.29, 0.717) is 10.6 Å². The fourth-order valence-electron chi connectivity index (χ4n) is 2.14.